The molecule has 1 aromatic rings. The van der Waals surface area contributed by atoms with Gasteiger partial charge in [0.05, 0.1) is 17.8 Å². The third-order valence-corrected chi connectivity index (χ3v) is 5.01. The van der Waals surface area contributed by atoms with E-state index in [-0.39, 0.29) is 18.4 Å². The van der Waals surface area contributed by atoms with Crippen LogP contribution >= 0.6 is 15.9 Å². The van der Waals surface area contributed by atoms with Crippen LogP contribution in [0.25, 0.3) is 0 Å². The molecule has 1 fully saturated rings. The predicted molar refractivity (Wildman–Crippen MR) is 95.4 cm³/mol. The molecule has 1 aliphatic carbocycles. The fourth-order valence-electron chi connectivity index (χ4n) is 3.04. The highest BCUT2D eigenvalue weighted by Gasteiger charge is 2.38. The van der Waals surface area contributed by atoms with Crippen molar-refractivity contribution in [3.05, 3.63) is 28.2 Å². The van der Waals surface area contributed by atoms with Crippen LogP contribution in [0.4, 0.5) is 5.69 Å². The Labute approximate surface area is 145 Å². The Morgan fingerprint density at radius 1 is 1.22 bits per heavy atom. The smallest absolute Gasteiger partial charge is 0.240 e. The van der Waals surface area contributed by atoms with E-state index in [0.29, 0.717) is 0 Å². The number of amides is 2. The van der Waals surface area contributed by atoms with Gasteiger partial charge in [-0.15, -0.1) is 0 Å². The first-order valence-electron chi connectivity index (χ1n) is 8.00. The van der Waals surface area contributed by atoms with E-state index in [1.54, 1.807) is 7.05 Å². The van der Waals surface area contributed by atoms with Crippen LogP contribution in [0, 0.1) is 6.92 Å². The highest BCUT2D eigenvalue weighted by molar-refractivity contribution is 9.10. The number of rotatable bonds is 5. The number of benzene rings is 1. The molecule has 1 aliphatic rings. The molecule has 0 atom stereocenters. The first-order chi connectivity index (χ1) is 11.0. The quantitative estimate of drug-likeness (QED) is 0.734. The number of carbonyl (C=O) groups excluding carboxylic acids is 2. The number of carbonyl (C=O) groups is 2. The molecule has 0 bridgehead atoms. The molecule has 0 aromatic heterocycles. The Morgan fingerprint density at radius 2 is 1.91 bits per heavy atom. The monoisotopic (exact) mass is 381 g/mol. The topological polar surface area (TPSA) is 70.2 Å². The molecule has 1 saturated carbocycles. The Hall–Kier alpha value is -1.40. The molecule has 0 spiro atoms. The maximum absolute atomic E-state index is 12.2. The van der Waals surface area contributed by atoms with Crippen LogP contribution in [0.1, 0.15) is 37.7 Å². The molecule has 0 heterocycles. The second-order valence-corrected chi connectivity index (χ2v) is 6.96. The molecular weight excluding hydrogens is 358 g/mol. The van der Waals surface area contributed by atoms with Crippen LogP contribution in [-0.4, -0.2) is 30.9 Å². The summed E-state index contributed by atoms with van der Waals surface area (Å²) in [4.78, 5) is 24.5. The molecule has 0 aliphatic heterocycles. The number of nitrogens with one attached hydrogen (secondary N) is 3. The maximum Gasteiger partial charge on any atom is 0.240 e. The van der Waals surface area contributed by atoms with Gasteiger partial charge in [-0.3, -0.25) is 14.9 Å². The first-order valence-corrected chi connectivity index (χ1v) is 8.79. The maximum atomic E-state index is 12.2. The fourth-order valence-corrected chi connectivity index (χ4v) is 3.64. The molecule has 2 rings (SSSR count). The van der Waals surface area contributed by atoms with Crippen molar-refractivity contribution in [1.29, 1.82) is 0 Å². The zero-order valence-electron chi connectivity index (χ0n) is 13.7. The van der Waals surface area contributed by atoms with Crippen LogP contribution in [0.5, 0.6) is 0 Å². The summed E-state index contributed by atoms with van der Waals surface area (Å²) in [7, 11) is 1.64. The average Bonchev–Trinajstić information content (AvgIpc) is 2.55. The van der Waals surface area contributed by atoms with Gasteiger partial charge in [-0.1, -0.05) is 25.3 Å². The summed E-state index contributed by atoms with van der Waals surface area (Å²) in [5.41, 5.74) is 1.24. The van der Waals surface area contributed by atoms with Crippen LogP contribution in [0.15, 0.2) is 22.7 Å². The highest BCUT2D eigenvalue weighted by atomic mass is 79.9. The third-order valence-electron chi connectivity index (χ3n) is 4.35. The SMILES string of the molecule is CNC(=O)C1(NCC(=O)Nc2ccc(C)cc2Br)CCCCC1. The van der Waals surface area contributed by atoms with Gasteiger partial charge in [0.2, 0.25) is 11.8 Å². The minimum Gasteiger partial charge on any atom is -0.358 e. The van der Waals surface area contributed by atoms with Crippen molar-refractivity contribution in [2.24, 2.45) is 0 Å². The van der Waals surface area contributed by atoms with Gasteiger partial charge in [0, 0.05) is 11.5 Å². The second-order valence-electron chi connectivity index (χ2n) is 6.11. The number of aryl methyl sites for hydroxylation is 1. The van der Waals surface area contributed by atoms with Gasteiger partial charge in [-0.05, 0) is 53.4 Å². The molecule has 0 radical (unpaired) electrons. The summed E-state index contributed by atoms with van der Waals surface area (Å²) in [6.45, 7) is 2.11. The van der Waals surface area contributed by atoms with Crippen LogP contribution in [-0.2, 0) is 9.59 Å². The Bertz CT molecular complexity index is 583. The molecule has 0 unspecified atom stereocenters. The van der Waals surface area contributed by atoms with E-state index < -0.39 is 5.54 Å². The highest BCUT2D eigenvalue weighted by Crippen LogP contribution is 2.28. The summed E-state index contributed by atoms with van der Waals surface area (Å²) in [5, 5.41) is 8.79. The van der Waals surface area contributed by atoms with Crippen molar-refractivity contribution in [3.63, 3.8) is 0 Å². The van der Waals surface area contributed by atoms with Gasteiger partial charge in [0.15, 0.2) is 0 Å². The molecule has 2 amide bonds. The van der Waals surface area contributed by atoms with E-state index in [9.17, 15) is 9.59 Å². The lowest BCUT2D eigenvalue weighted by Gasteiger charge is -2.36. The third kappa shape index (κ3) is 4.54. The van der Waals surface area contributed by atoms with E-state index >= 15 is 0 Å². The molecule has 6 heteroatoms. The van der Waals surface area contributed by atoms with E-state index in [1.165, 1.54) is 0 Å². The summed E-state index contributed by atoms with van der Waals surface area (Å²) in [6.07, 6.45) is 4.70. The second kappa shape index (κ2) is 7.93. The molecule has 126 valence electrons. The van der Waals surface area contributed by atoms with Gasteiger partial charge in [0.1, 0.15) is 0 Å². The summed E-state index contributed by atoms with van der Waals surface area (Å²) < 4.78 is 0.851. The van der Waals surface area contributed by atoms with E-state index in [1.807, 2.05) is 25.1 Å². The Morgan fingerprint density at radius 3 is 2.52 bits per heavy atom. The molecule has 23 heavy (non-hydrogen) atoms. The van der Waals surface area contributed by atoms with Crippen molar-refractivity contribution in [2.75, 3.05) is 18.9 Å². The number of anilines is 1. The molecule has 5 nitrogen and oxygen atoms in total. The fraction of sp³-hybridized carbons (Fsp3) is 0.529. The lowest BCUT2D eigenvalue weighted by atomic mass is 9.81. The summed E-state index contributed by atoms with van der Waals surface area (Å²) in [5.74, 6) is -0.176. The normalized spacial score (nSPS) is 16.7. The minimum atomic E-state index is -0.616. The van der Waals surface area contributed by atoms with Crippen molar-refractivity contribution >= 4 is 33.4 Å². The Kier molecular flexibility index (Phi) is 6.18. The van der Waals surface area contributed by atoms with Crippen LogP contribution in [0.3, 0.4) is 0 Å². The first kappa shape index (κ1) is 17.9. The van der Waals surface area contributed by atoms with Gasteiger partial charge in [-0.2, -0.15) is 0 Å². The average molecular weight is 382 g/mol. The molecule has 0 saturated heterocycles. The number of hydrogen-bond donors (Lipinski definition) is 3. The van der Waals surface area contributed by atoms with Crippen LogP contribution in [0.2, 0.25) is 0 Å². The van der Waals surface area contributed by atoms with Crippen molar-refractivity contribution in [3.8, 4) is 0 Å². The standard InChI is InChI=1S/C17H24BrN3O2/c1-12-6-7-14(13(18)10-12)21-15(22)11-20-17(16(23)19-2)8-4-3-5-9-17/h6-7,10,20H,3-5,8-9,11H2,1-2H3,(H,19,23)(H,21,22). The largest absolute Gasteiger partial charge is 0.358 e. The zero-order chi connectivity index (χ0) is 16.9. The molecule has 3 N–H and O–H groups in total. The lowest BCUT2D eigenvalue weighted by Crippen LogP contribution is -2.58. The van der Waals surface area contributed by atoms with E-state index in [0.717, 1.165) is 47.8 Å². The van der Waals surface area contributed by atoms with Crippen molar-refractivity contribution in [1.82, 2.24) is 10.6 Å². The van der Waals surface area contributed by atoms with Gasteiger partial charge < -0.3 is 10.6 Å². The van der Waals surface area contributed by atoms with Crippen molar-refractivity contribution < 1.29 is 9.59 Å². The minimum absolute atomic E-state index is 0.0264. The predicted octanol–water partition coefficient (Wildman–Crippen LogP) is 2.73. The van der Waals surface area contributed by atoms with Gasteiger partial charge >= 0.3 is 0 Å². The number of likely N-dealkylation sites (N-methyl/N-ethyl adjacent to an activating group) is 1. The van der Waals surface area contributed by atoms with E-state index in [4.69, 9.17) is 0 Å². The van der Waals surface area contributed by atoms with E-state index in [2.05, 4.69) is 31.9 Å². The lowest BCUT2D eigenvalue weighted by molar-refractivity contribution is -0.129. The number of halogens is 1. The van der Waals surface area contributed by atoms with Gasteiger partial charge in [0.25, 0.3) is 0 Å². The summed E-state index contributed by atoms with van der Waals surface area (Å²) >= 11 is 3.45. The van der Waals surface area contributed by atoms with Crippen LogP contribution < -0.4 is 16.0 Å². The Balaban J connectivity index is 1.97. The number of hydrogen-bond acceptors (Lipinski definition) is 3. The van der Waals surface area contributed by atoms with Gasteiger partial charge in [-0.25, -0.2) is 0 Å². The zero-order valence-corrected chi connectivity index (χ0v) is 15.3. The molecule has 1 aromatic carbocycles. The van der Waals surface area contributed by atoms with Crippen molar-refractivity contribution in [2.45, 2.75) is 44.6 Å². The summed E-state index contributed by atoms with van der Waals surface area (Å²) in [6, 6.07) is 5.77. The molecular formula is C17H24BrN3O2.